The van der Waals surface area contributed by atoms with E-state index in [9.17, 15) is 4.79 Å². The van der Waals surface area contributed by atoms with Gasteiger partial charge in [0, 0.05) is 0 Å². The molecule has 0 spiro atoms. The minimum Gasteiger partial charge on any atom is -0.404 e. The molecule has 1 aromatic rings. The molecule has 86 valence electrons. The molecule has 2 rings (SSSR count). The zero-order valence-electron chi connectivity index (χ0n) is 9.86. The van der Waals surface area contributed by atoms with Crippen molar-refractivity contribution in [2.75, 3.05) is 0 Å². The van der Waals surface area contributed by atoms with E-state index in [0.717, 1.165) is 5.56 Å². The van der Waals surface area contributed by atoms with Crippen LogP contribution in [0.3, 0.4) is 0 Å². The summed E-state index contributed by atoms with van der Waals surface area (Å²) in [7, 11) is -1.67. The molecule has 0 aliphatic carbocycles. The van der Waals surface area contributed by atoms with Crippen molar-refractivity contribution in [3.63, 3.8) is 0 Å². The monoisotopic (exact) mass is 235 g/mol. The molecule has 1 N–H and O–H groups in total. The van der Waals surface area contributed by atoms with Gasteiger partial charge in [-0.1, -0.05) is 30.3 Å². The molecular weight excluding hydrogens is 218 g/mol. The summed E-state index contributed by atoms with van der Waals surface area (Å²) < 4.78 is 5.88. The lowest BCUT2D eigenvalue weighted by atomic mass is 9.94. The van der Waals surface area contributed by atoms with Crippen LogP contribution in [0.1, 0.15) is 11.6 Å². The first kappa shape index (κ1) is 11.4. The Kier molecular flexibility index (Phi) is 2.86. The molecule has 1 aliphatic heterocycles. The number of benzene rings is 1. The highest BCUT2D eigenvalue weighted by atomic mass is 28.4. The molecule has 1 amide bonds. The Bertz CT molecular complexity index is 386. The highest BCUT2D eigenvalue weighted by Crippen LogP contribution is 2.29. The van der Waals surface area contributed by atoms with E-state index in [-0.39, 0.29) is 18.1 Å². The zero-order chi connectivity index (χ0) is 11.8. The largest absolute Gasteiger partial charge is 0.404 e. The number of rotatable bonds is 3. The maximum Gasteiger partial charge on any atom is 0.251 e. The van der Waals surface area contributed by atoms with Crippen LogP contribution >= 0.6 is 0 Å². The van der Waals surface area contributed by atoms with Gasteiger partial charge in [0.1, 0.15) is 6.10 Å². The first-order valence-electron chi connectivity index (χ1n) is 5.50. The third kappa shape index (κ3) is 2.33. The van der Waals surface area contributed by atoms with Crippen LogP contribution in [0, 0.1) is 0 Å². The van der Waals surface area contributed by atoms with E-state index in [4.69, 9.17) is 4.43 Å². The lowest BCUT2D eigenvalue weighted by molar-refractivity contribution is -0.141. The van der Waals surface area contributed by atoms with Crippen LogP contribution < -0.4 is 5.32 Å². The van der Waals surface area contributed by atoms with E-state index in [1.807, 2.05) is 30.3 Å². The van der Waals surface area contributed by atoms with Crippen molar-refractivity contribution in [3.8, 4) is 0 Å². The Labute approximate surface area is 96.9 Å². The summed E-state index contributed by atoms with van der Waals surface area (Å²) in [6.45, 7) is 6.29. The van der Waals surface area contributed by atoms with Crippen molar-refractivity contribution in [1.29, 1.82) is 0 Å². The molecule has 1 saturated heterocycles. The second-order valence-electron chi connectivity index (χ2n) is 5.05. The van der Waals surface area contributed by atoms with Crippen molar-refractivity contribution >= 4 is 14.2 Å². The molecule has 0 saturated carbocycles. The summed E-state index contributed by atoms with van der Waals surface area (Å²) in [5, 5.41) is 2.89. The molecule has 3 nitrogen and oxygen atoms in total. The third-order valence-corrected chi connectivity index (χ3v) is 3.46. The van der Waals surface area contributed by atoms with E-state index in [1.165, 1.54) is 0 Å². The summed E-state index contributed by atoms with van der Waals surface area (Å²) in [6, 6.07) is 9.99. The van der Waals surface area contributed by atoms with Gasteiger partial charge in [0.15, 0.2) is 8.32 Å². The molecule has 0 radical (unpaired) electrons. The highest BCUT2D eigenvalue weighted by Gasteiger charge is 2.43. The van der Waals surface area contributed by atoms with Gasteiger partial charge in [0.25, 0.3) is 5.91 Å². The van der Waals surface area contributed by atoms with E-state index in [1.54, 1.807) is 0 Å². The van der Waals surface area contributed by atoms with Crippen LogP contribution in [0.5, 0.6) is 0 Å². The second kappa shape index (κ2) is 4.03. The zero-order valence-corrected chi connectivity index (χ0v) is 10.9. The maximum atomic E-state index is 11.5. The predicted octanol–water partition coefficient (Wildman–Crippen LogP) is 2.08. The highest BCUT2D eigenvalue weighted by molar-refractivity contribution is 6.70. The molecule has 0 bridgehead atoms. The van der Waals surface area contributed by atoms with Crippen molar-refractivity contribution in [2.45, 2.75) is 31.8 Å². The van der Waals surface area contributed by atoms with E-state index >= 15 is 0 Å². The van der Waals surface area contributed by atoms with Crippen molar-refractivity contribution in [1.82, 2.24) is 5.32 Å². The van der Waals surface area contributed by atoms with E-state index in [2.05, 4.69) is 25.0 Å². The minimum absolute atomic E-state index is 0.0104. The van der Waals surface area contributed by atoms with Crippen LogP contribution in [0.2, 0.25) is 19.6 Å². The summed E-state index contributed by atoms with van der Waals surface area (Å²) in [5.74, 6) is 0.0104. The van der Waals surface area contributed by atoms with E-state index < -0.39 is 8.32 Å². The molecule has 2 unspecified atom stereocenters. The Balaban J connectivity index is 2.11. The summed E-state index contributed by atoms with van der Waals surface area (Å²) in [5.41, 5.74) is 1.12. The summed E-state index contributed by atoms with van der Waals surface area (Å²) >= 11 is 0. The molecule has 1 aromatic carbocycles. The number of nitrogens with one attached hydrogen (secondary N) is 1. The normalized spacial score (nSPS) is 24.8. The Morgan fingerprint density at radius 2 is 1.81 bits per heavy atom. The molecule has 1 heterocycles. The van der Waals surface area contributed by atoms with Gasteiger partial charge in [-0.2, -0.15) is 0 Å². The SMILES string of the molecule is C[Si](C)(C)OC1C(=O)NC1c1ccccc1. The Morgan fingerprint density at radius 1 is 1.19 bits per heavy atom. The second-order valence-corrected chi connectivity index (χ2v) is 9.51. The third-order valence-electron chi connectivity index (χ3n) is 2.50. The molecule has 16 heavy (non-hydrogen) atoms. The van der Waals surface area contributed by atoms with Gasteiger partial charge in [-0.15, -0.1) is 0 Å². The molecule has 1 aliphatic rings. The van der Waals surface area contributed by atoms with Crippen LogP contribution in [-0.2, 0) is 9.22 Å². The first-order chi connectivity index (χ1) is 7.47. The van der Waals surface area contributed by atoms with Gasteiger partial charge in [0.2, 0.25) is 0 Å². The van der Waals surface area contributed by atoms with Gasteiger partial charge >= 0.3 is 0 Å². The molecular formula is C12H17NO2Si. The van der Waals surface area contributed by atoms with Gasteiger partial charge in [0.05, 0.1) is 6.04 Å². The van der Waals surface area contributed by atoms with Crippen LogP contribution in [0.25, 0.3) is 0 Å². The number of hydrogen-bond acceptors (Lipinski definition) is 2. The molecule has 1 fully saturated rings. The summed E-state index contributed by atoms with van der Waals surface area (Å²) in [4.78, 5) is 11.5. The fraction of sp³-hybridized carbons (Fsp3) is 0.417. The van der Waals surface area contributed by atoms with Gasteiger partial charge in [-0.05, 0) is 25.2 Å². The number of β-lactam (4-membered cyclic amide) rings is 1. The lowest BCUT2D eigenvalue weighted by Gasteiger charge is -2.40. The predicted molar refractivity (Wildman–Crippen MR) is 65.5 cm³/mol. The van der Waals surface area contributed by atoms with Gasteiger partial charge < -0.3 is 9.74 Å². The smallest absolute Gasteiger partial charge is 0.251 e. The van der Waals surface area contributed by atoms with Crippen LogP contribution in [-0.4, -0.2) is 20.3 Å². The first-order valence-corrected chi connectivity index (χ1v) is 8.91. The van der Waals surface area contributed by atoms with E-state index in [0.29, 0.717) is 0 Å². The maximum absolute atomic E-state index is 11.5. The Hall–Kier alpha value is -1.13. The number of hydrogen-bond donors (Lipinski definition) is 1. The van der Waals surface area contributed by atoms with Crippen molar-refractivity contribution in [2.24, 2.45) is 0 Å². The van der Waals surface area contributed by atoms with Crippen molar-refractivity contribution in [3.05, 3.63) is 35.9 Å². The fourth-order valence-electron chi connectivity index (χ4n) is 1.79. The van der Waals surface area contributed by atoms with Gasteiger partial charge in [-0.3, -0.25) is 4.79 Å². The molecule has 2 atom stereocenters. The van der Waals surface area contributed by atoms with Crippen molar-refractivity contribution < 1.29 is 9.22 Å². The standard InChI is InChI=1S/C12H17NO2Si/c1-16(2,3)15-11-10(13-12(11)14)9-7-5-4-6-8-9/h4-8,10-11H,1-3H3,(H,13,14). The fourth-order valence-corrected chi connectivity index (χ4v) is 2.79. The lowest BCUT2D eigenvalue weighted by Crippen LogP contribution is -2.59. The number of carbonyl (C=O) groups excluding carboxylic acids is 1. The average molecular weight is 235 g/mol. The quantitative estimate of drug-likeness (QED) is 0.643. The van der Waals surface area contributed by atoms with Crippen LogP contribution in [0.4, 0.5) is 0 Å². The van der Waals surface area contributed by atoms with Crippen LogP contribution in [0.15, 0.2) is 30.3 Å². The minimum atomic E-state index is -1.67. The number of amides is 1. The average Bonchev–Trinajstić information content (AvgIpc) is 2.23. The molecule has 4 heteroatoms. The molecule has 0 aromatic heterocycles. The Morgan fingerprint density at radius 3 is 2.31 bits per heavy atom. The number of carbonyl (C=O) groups is 1. The summed E-state index contributed by atoms with van der Waals surface area (Å²) in [6.07, 6.45) is -0.297. The van der Waals surface area contributed by atoms with Gasteiger partial charge in [-0.25, -0.2) is 0 Å². The topological polar surface area (TPSA) is 38.3 Å².